The van der Waals surface area contributed by atoms with Gasteiger partial charge >= 0.3 is 5.97 Å². The highest BCUT2D eigenvalue weighted by Crippen LogP contribution is 2.25. The van der Waals surface area contributed by atoms with Crippen LogP contribution in [0, 0.1) is 14.9 Å². The lowest BCUT2D eigenvalue weighted by Crippen LogP contribution is -2.03. The molecule has 72 valence electrons. The Morgan fingerprint density at radius 2 is 2.29 bits per heavy atom. The molecule has 1 rings (SSSR count). The molecule has 4 nitrogen and oxygen atoms in total. The molecule has 1 N–H and O–H groups in total. The molecule has 5 heteroatoms. The van der Waals surface area contributed by atoms with E-state index >= 15 is 0 Å². The number of carbonyl (C=O) groups is 1. The molecular weight excluding hydrogens is 297 g/mol. The fraction of sp³-hybridized carbons (Fsp3) is 0.111. The first kappa shape index (κ1) is 10.8. The molecule has 0 aliphatic carbocycles. The maximum atomic E-state index is 10.8. The summed E-state index contributed by atoms with van der Waals surface area (Å²) < 4.78 is 5.57. The van der Waals surface area contributed by atoms with Gasteiger partial charge in [0.25, 0.3) is 0 Å². The monoisotopic (exact) mass is 303 g/mol. The highest BCUT2D eigenvalue weighted by Gasteiger charge is 2.15. The van der Waals surface area contributed by atoms with Gasteiger partial charge in [-0.1, -0.05) is 0 Å². The smallest absolute Gasteiger partial charge is 0.339 e. The molecule has 0 aromatic heterocycles. The summed E-state index contributed by atoms with van der Waals surface area (Å²) in [5.74, 6) is -0.989. The summed E-state index contributed by atoms with van der Waals surface area (Å²) in [4.78, 5) is 10.8. The molecular formula is C9H6INO3. The van der Waals surface area contributed by atoms with Crippen LogP contribution in [0.25, 0.3) is 0 Å². The zero-order valence-electron chi connectivity index (χ0n) is 7.24. The largest absolute Gasteiger partial charge is 0.494 e. The van der Waals surface area contributed by atoms with Crippen molar-refractivity contribution in [1.29, 1.82) is 5.26 Å². The summed E-state index contributed by atoms with van der Waals surface area (Å²) >= 11 is 1.95. The van der Waals surface area contributed by atoms with E-state index in [1.54, 1.807) is 6.07 Å². The summed E-state index contributed by atoms with van der Waals surface area (Å²) in [6, 6.07) is 4.93. The average Bonchev–Trinajstić information content (AvgIpc) is 2.16. The number of carboxylic acids is 1. The van der Waals surface area contributed by atoms with Gasteiger partial charge in [0.15, 0.2) is 5.75 Å². The molecule has 1 aromatic rings. The Morgan fingerprint density at radius 3 is 2.71 bits per heavy atom. The number of ether oxygens (including phenoxy) is 1. The number of aromatic carboxylic acids is 1. The lowest BCUT2D eigenvalue weighted by atomic mass is 10.1. The Kier molecular flexibility index (Phi) is 3.30. The summed E-state index contributed by atoms with van der Waals surface area (Å²) in [5, 5.41) is 17.6. The van der Waals surface area contributed by atoms with Crippen LogP contribution in [0.2, 0.25) is 0 Å². The highest BCUT2D eigenvalue weighted by molar-refractivity contribution is 14.1. The van der Waals surface area contributed by atoms with E-state index in [2.05, 4.69) is 0 Å². The number of benzene rings is 1. The van der Waals surface area contributed by atoms with Gasteiger partial charge in [-0.2, -0.15) is 5.26 Å². The van der Waals surface area contributed by atoms with Crippen molar-refractivity contribution in [2.24, 2.45) is 0 Å². The predicted molar refractivity (Wildman–Crippen MR) is 57.4 cm³/mol. The van der Waals surface area contributed by atoms with Gasteiger partial charge < -0.3 is 9.84 Å². The molecule has 0 atom stereocenters. The first-order chi connectivity index (χ1) is 6.60. The van der Waals surface area contributed by atoms with Crippen LogP contribution in [0.5, 0.6) is 5.75 Å². The average molecular weight is 303 g/mol. The number of rotatable bonds is 2. The van der Waals surface area contributed by atoms with Gasteiger partial charge in [0.1, 0.15) is 11.6 Å². The van der Waals surface area contributed by atoms with E-state index in [1.165, 1.54) is 13.2 Å². The van der Waals surface area contributed by atoms with E-state index in [0.29, 0.717) is 3.57 Å². The van der Waals surface area contributed by atoms with Crippen molar-refractivity contribution in [1.82, 2.24) is 0 Å². The Bertz CT molecular complexity index is 423. The summed E-state index contributed by atoms with van der Waals surface area (Å²) in [5.41, 5.74) is 0.243. The van der Waals surface area contributed by atoms with Crippen molar-refractivity contribution in [3.05, 3.63) is 26.8 Å². The van der Waals surface area contributed by atoms with Crippen LogP contribution in [0.1, 0.15) is 15.9 Å². The molecule has 0 amide bonds. The molecule has 0 spiro atoms. The SMILES string of the molecule is COc1c(C#N)cc(I)cc1C(=O)O. The number of nitrogens with zero attached hydrogens (tertiary/aromatic N) is 1. The third kappa shape index (κ3) is 1.96. The van der Waals surface area contributed by atoms with E-state index in [-0.39, 0.29) is 16.9 Å². The van der Waals surface area contributed by atoms with E-state index in [1.807, 2.05) is 28.7 Å². The van der Waals surface area contributed by atoms with Gasteiger partial charge in [0.05, 0.1) is 12.7 Å². The fourth-order valence-electron chi connectivity index (χ4n) is 1.06. The maximum Gasteiger partial charge on any atom is 0.339 e. The Balaban J connectivity index is 3.49. The fourth-order valence-corrected chi connectivity index (χ4v) is 1.68. The van der Waals surface area contributed by atoms with Gasteiger partial charge in [0.2, 0.25) is 0 Å². The molecule has 0 aliphatic heterocycles. The van der Waals surface area contributed by atoms with Crippen molar-refractivity contribution in [3.8, 4) is 11.8 Å². The third-order valence-corrected chi connectivity index (χ3v) is 2.23. The van der Waals surface area contributed by atoms with Crippen LogP contribution in [0.15, 0.2) is 12.1 Å². The molecule has 0 bridgehead atoms. The van der Waals surface area contributed by atoms with E-state index in [4.69, 9.17) is 15.1 Å². The quantitative estimate of drug-likeness (QED) is 0.847. The van der Waals surface area contributed by atoms with Crippen LogP contribution in [-0.4, -0.2) is 18.2 Å². The van der Waals surface area contributed by atoms with Crippen molar-refractivity contribution < 1.29 is 14.6 Å². The minimum atomic E-state index is -1.10. The van der Waals surface area contributed by atoms with Crippen LogP contribution in [0.3, 0.4) is 0 Å². The van der Waals surface area contributed by atoms with Crippen molar-refractivity contribution >= 4 is 28.6 Å². The lowest BCUT2D eigenvalue weighted by Gasteiger charge is -2.06. The number of carboxylic acid groups (broad SMARTS) is 1. The molecule has 0 heterocycles. The number of halogens is 1. The van der Waals surface area contributed by atoms with Gasteiger partial charge in [-0.3, -0.25) is 0 Å². The standard InChI is InChI=1S/C9H6INO3/c1-14-8-5(4-11)2-6(10)3-7(8)9(12)13/h2-3H,1H3,(H,12,13). The molecule has 0 unspecified atom stereocenters. The second-order valence-corrected chi connectivity index (χ2v) is 3.70. The molecule has 0 radical (unpaired) electrons. The van der Waals surface area contributed by atoms with E-state index in [0.717, 1.165) is 0 Å². The Labute approximate surface area is 94.2 Å². The number of hydrogen-bond donors (Lipinski definition) is 1. The van der Waals surface area contributed by atoms with Crippen molar-refractivity contribution in [3.63, 3.8) is 0 Å². The summed E-state index contributed by atoms with van der Waals surface area (Å²) in [6.07, 6.45) is 0. The zero-order valence-corrected chi connectivity index (χ0v) is 9.40. The molecule has 14 heavy (non-hydrogen) atoms. The minimum absolute atomic E-state index is 0.0101. The second-order valence-electron chi connectivity index (χ2n) is 2.45. The topological polar surface area (TPSA) is 70.3 Å². The molecule has 1 aromatic carbocycles. The lowest BCUT2D eigenvalue weighted by molar-refractivity contribution is 0.0693. The predicted octanol–water partition coefficient (Wildman–Crippen LogP) is 1.87. The van der Waals surface area contributed by atoms with Crippen LogP contribution >= 0.6 is 22.6 Å². The third-order valence-electron chi connectivity index (χ3n) is 1.61. The van der Waals surface area contributed by atoms with Gasteiger partial charge in [-0.25, -0.2) is 4.79 Å². The number of hydrogen-bond acceptors (Lipinski definition) is 3. The van der Waals surface area contributed by atoms with Crippen LogP contribution in [-0.2, 0) is 0 Å². The van der Waals surface area contributed by atoms with Crippen molar-refractivity contribution in [2.75, 3.05) is 7.11 Å². The number of methoxy groups -OCH3 is 1. The van der Waals surface area contributed by atoms with E-state index in [9.17, 15) is 4.79 Å². The molecule has 0 fully saturated rings. The van der Waals surface area contributed by atoms with Crippen molar-refractivity contribution in [2.45, 2.75) is 0 Å². The maximum absolute atomic E-state index is 10.8. The Morgan fingerprint density at radius 1 is 1.64 bits per heavy atom. The van der Waals surface area contributed by atoms with Gasteiger partial charge in [-0.05, 0) is 34.7 Å². The highest BCUT2D eigenvalue weighted by atomic mass is 127. The van der Waals surface area contributed by atoms with Gasteiger partial charge in [-0.15, -0.1) is 0 Å². The minimum Gasteiger partial charge on any atom is -0.494 e. The van der Waals surface area contributed by atoms with Gasteiger partial charge in [0, 0.05) is 3.57 Å². The zero-order chi connectivity index (χ0) is 10.7. The number of nitriles is 1. The van der Waals surface area contributed by atoms with Crippen LogP contribution < -0.4 is 4.74 Å². The first-order valence-electron chi connectivity index (χ1n) is 3.61. The summed E-state index contributed by atoms with van der Waals surface area (Å²) in [7, 11) is 1.34. The molecule has 0 saturated carbocycles. The molecule has 0 saturated heterocycles. The van der Waals surface area contributed by atoms with Crippen LogP contribution in [0.4, 0.5) is 0 Å². The summed E-state index contributed by atoms with van der Waals surface area (Å²) in [6.45, 7) is 0. The second kappa shape index (κ2) is 4.28. The first-order valence-corrected chi connectivity index (χ1v) is 4.69. The van der Waals surface area contributed by atoms with E-state index < -0.39 is 5.97 Å². The normalized spacial score (nSPS) is 9.21. The Hall–Kier alpha value is -1.29. The molecule has 0 aliphatic rings.